The Morgan fingerprint density at radius 1 is 0.450 bits per heavy atom. The quantitative estimate of drug-likeness (QED) is 0.153. The maximum atomic E-state index is 13.8. The van der Waals surface area contributed by atoms with Crippen molar-refractivity contribution in [3.63, 3.8) is 0 Å². The van der Waals surface area contributed by atoms with E-state index in [1.54, 1.807) is 0 Å². The summed E-state index contributed by atoms with van der Waals surface area (Å²) < 4.78 is 83.1. The summed E-state index contributed by atoms with van der Waals surface area (Å²) in [5, 5.41) is 7.25. The van der Waals surface area contributed by atoms with E-state index in [2.05, 4.69) is 10.2 Å². The van der Waals surface area contributed by atoms with E-state index in [1.807, 2.05) is 62.4 Å². The van der Waals surface area contributed by atoms with Crippen LogP contribution >= 0.6 is 0 Å². The number of aryl methyl sites for hydroxylation is 6. The number of hydrogen-bond acceptors (Lipinski definition) is 2. The van der Waals surface area contributed by atoms with E-state index < -0.39 is 34.9 Å². The van der Waals surface area contributed by atoms with Crippen molar-refractivity contribution in [3.05, 3.63) is 129 Å². The predicted molar refractivity (Wildman–Crippen MR) is 144 cm³/mol. The molecule has 0 aromatic heterocycles. The van der Waals surface area contributed by atoms with Crippen molar-refractivity contribution in [1.82, 2.24) is 0 Å². The van der Waals surface area contributed by atoms with Crippen molar-refractivity contribution in [2.45, 2.75) is 51.9 Å². The molecule has 40 heavy (non-hydrogen) atoms. The molecule has 0 amide bonds. The Morgan fingerprint density at radius 3 is 1.07 bits per heavy atom. The Morgan fingerprint density at radius 2 is 0.750 bits per heavy atom. The number of nitrogens with zero attached hydrogens (tertiary/aromatic N) is 2. The van der Waals surface area contributed by atoms with Crippen LogP contribution in [0.25, 0.3) is 0 Å². The van der Waals surface area contributed by atoms with E-state index in [-0.39, 0.29) is 0 Å². The van der Waals surface area contributed by atoms with Gasteiger partial charge in [-0.3, -0.25) is 0 Å². The normalized spacial score (nSPS) is 12.3. The van der Waals surface area contributed by atoms with Crippen molar-refractivity contribution in [3.8, 4) is 0 Å². The molecule has 0 unspecified atom stereocenters. The van der Waals surface area contributed by atoms with Crippen LogP contribution in [0, 0.1) is 13.8 Å². The second-order valence-corrected chi connectivity index (χ2v) is 9.87. The second kappa shape index (κ2) is 12.1. The summed E-state index contributed by atoms with van der Waals surface area (Å²) >= 11 is 0. The lowest BCUT2D eigenvalue weighted by Gasteiger charge is -2.13. The van der Waals surface area contributed by atoms with Crippen molar-refractivity contribution < 1.29 is 26.3 Å². The van der Waals surface area contributed by atoms with Crippen LogP contribution in [0.5, 0.6) is 0 Å². The zero-order valence-electron chi connectivity index (χ0n) is 22.1. The smallest absolute Gasteiger partial charge is 0.166 e. The van der Waals surface area contributed by atoms with Crippen LogP contribution in [-0.4, -0.2) is 0 Å². The highest BCUT2D eigenvalue weighted by Gasteiger charge is 2.35. The molecule has 0 spiro atoms. The van der Waals surface area contributed by atoms with Crippen LogP contribution in [0.2, 0.25) is 0 Å². The van der Waals surface area contributed by atoms with Gasteiger partial charge in [-0.05, 0) is 86.1 Å². The van der Waals surface area contributed by atoms with E-state index in [1.165, 1.54) is 12.1 Å². The van der Waals surface area contributed by atoms with Gasteiger partial charge in [-0.1, -0.05) is 71.8 Å². The monoisotopic (exact) mass is 554 g/mol. The van der Waals surface area contributed by atoms with Gasteiger partial charge >= 0.3 is 12.4 Å². The highest BCUT2D eigenvalue weighted by Crippen LogP contribution is 2.40. The predicted octanol–water partition coefficient (Wildman–Crippen LogP) is 10.3. The average Bonchev–Trinajstić information content (AvgIpc) is 2.90. The van der Waals surface area contributed by atoms with E-state index in [0.717, 1.165) is 46.5 Å². The van der Waals surface area contributed by atoms with Gasteiger partial charge in [-0.2, -0.15) is 26.3 Å². The SMILES string of the molecule is Cc1ccc(CCc2ccc(N=Nc3ccc(CCc4ccc(C)cc4)cc3C(F)(F)F)c(C(F)(F)F)c2)cc1. The lowest BCUT2D eigenvalue weighted by atomic mass is 10.0. The lowest BCUT2D eigenvalue weighted by molar-refractivity contribution is -0.138. The van der Waals surface area contributed by atoms with Crippen LogP contribution < -0.4 is 0 Å². The minimum Gasteiger partial charge on any atom is -0.166 e. The van der Waals surface area contributed by atoms with Gasteiger partial charge in [0.15, 0.2) is 0 Å². The minimum atomic E-state index is -4.75. The van der Waals surface area contributed by atoms with Crippen molar-refractivity contribution >= 4 is 11.4 Å². The first kappa shape index (κ1) is 29.1. The molecule has 0 bridgehead atoms. The first-order valence-corrected chi connectivity index (χ1v) is 12.8. The van der Waals surface area contributed by atoms with Gasteiger partial charge in [-0.25, -0.2) is 0 Å². The van der Waals surface area contributed by atoms with E-state index in [0.29, 0.717) is 36.8 Å². The summed E-state index contributed by atoms with van der Waals surface area (Å²) in [6, 6.07) is 22.7. The minimum absolute atomic E-state index is 0.367. The van der Waals surface area contributed by atoms with Crippen molar-refractivity contribution in [1.29, 1.82) is 0 Å². The van der Waals surface area contributed by atoms with Gasteiger partial charge in [0.25, 0.3) is 0 Å². The van der Waals surface area contributed by atoms with Gasteiger partial charge in [-0.15, -0.1) is 10.2 Å². The molecule has 0 heterocycles. The second-order valence-electron chi connectivity index (χ2n) is 9.87. The molecule has 0 aliphatic carbocycles. The van der Waals surface area contributed by atoms with E-state index >= 15 is 0 Å². The largest absolute Gasteiger partial charge is 0.418 e. The summed E-state index contributed by atoms with van der Waals surface area (Å²) in [4.78, 5) is 0. The molecule has 0 N–H and O–H groups in total. The fraction of sp³-hybridized carbons (Fsp3) is 0.250. The maximum absolute atomic E-state index is 13.8. The molecule has 0 aliphatic rings. The highest BCUT2D eigenvalue weighted by atomic mass is 19.4. The van der Waals surface area contributed by atoms with Gasteiger partial charge in [0.1, 0.15) is 0 Å². The van der Waals surface area contributed by atoms with Gasteiger partial charge < -0.3 is 0 Å². The molecule has 0 aliphatic heterocycles. The number of azo groups is 1. The molecular weight excluding hydrogens is 526 g/mol. The molecule has 4 aromatic rings. The average molecular weight is 555 g/mol. The van der Waals surface area contributed by atoms with Gasteiger partial charge in [0.2, 0.25) is 0 Å². The Bertz CT molecular complexity index is 1350. The summed E-state index contributed by atoms with van der Waals surface area (Å²) in [6.45, 7) is 3.90. The molecule has 208 valence electrons. The lowest BCUT2D eigenvalue weighted by Crippen LogP contribution is -2.07. The van der Waals surface area contributed by atoms with E-state index in [9.17, 15) is 26.3 Å². The van der Waals surface area contributed by atoms with Crippen molar-refractivity contribution in [2.75, 3.05) is 0 Å². The summed E-state index contributed by atoms with van der Waals surface area (Å²) in [5.41, 5.74) is 1.89. The number of halogens is 6. The van der Waals surface area contributed by atoms with Crippen LogP contribution in [0.4, 0.5) is 37.7 Å². The van der Waals surface area contributed by atoms with Crippen LogP contribution in [-0.2, 0) is 38.0 Å². The molecule has 2 nitrogen and oxygen atoms in total. The first-order chi connectivity index (χ1) is 18.9. The summed E-state index contributed by atoms with van der Waals surface area (Å²) in [6.07, 6.45) is -7.67. The molecule has 0 saturated carbocycles. The third-order valence-electron chi connectivity index (χ3n) is 6.64. The first-order valence-electron chi connectivity index (χ1n) is 12.8. The number of rotatable bonds is 8. The molecule has 4 rings (SSSR count). The zero-order chi connectivity index (χ0) is 28.9. The molecule has 8 heteroatoms. The number of hydrogen-bond donors (Lipinski definition) is 0. The number of benzene rings is 4. The van der Waals surface area contributed by atoms with Gasteiger partial charge in [0.05, 0.1) is 22.5 Å². The van der Waals surface area contributed by atoms with Crippen LogP contribution in [0.3, 0.4) is 0 Å². The zero-order valence-corrected chi connectivity index (χ0v) is 22.1. The summed E-state index contributed by atoms with van der Waals surface area (Å²) in [5.74, 6) is 0. The molecule has 4 aromatic carbocycles. The van der Waals surface area contributed by atoms with E-state index in [4.69, 9.17) is 0 Å². The van der Waals surface area contributed by atoms with Crippen molar-refractivity contribution in [2.24, 2.45) is 10.2 Å². The van der Waals surface area contributed by atoms with Crippen LogP contribution in [0.15, 0.2) is 95.2 Å². The highest BCUT2D eigenvalue weighted by molar-refractivity contribution is 5.53. The van der Waals surface area contributed by atoms with Gasteiger partial charge in [0, 0.05) is 0 Å². The Balaban J connectivity index is 1.56. The summed E-state index contributed by atoms with van der Waals surface area (Å²) in [7, 11) is 0. The third kappa shape index (κ3) is 7.81. The Kier molecular flexibility index (Phi) is 8.76. The molecule has 0 radical (unpaired) electrons. The number of alkyl halides is 6. The third-order valence-corrected chi connectivity index (χ3v) is 6.64. The fourth-order valence-electron chi connectivity index (χ4n) is 4.30. The maximum Gasteiger partial charge on any atom is 0.418 e. The standard InChI is InChI=1S/C32H28F6N2/c1-21-3-7-23(8-4-21)11-13-25-15-17-29(27(19-25)31(33,34)35)39-40-30-18-16-26(20-28(30)32(36,37)38)14-12-24-9-5-22(2)6-10-24/h3-10,15-20H,11-14H2,1-2H3. The topological polar surface area (TPSA) is 24.7 Å². The Labute approximate surface area is 229 Å². The molecule has 0 saturated heterocycles. The fourth-order valence-corrected chi connectivity index (χ4v) is 4.30. The molecule has 0 atom stereocenters. The molecular formula is C32H28F6N2. The molecule has 0 fully saturated rings. The van der Waals surface area contributed by atoms with Crippen LogP contribution in [0.1, 0.15) is 44.5 Å². The Hall–Kier alpha value is -3.94.